The van der Waals surface area contributed by atoms with Gasteiger partial charge in [0.1, 0.15) is 11.2 Å². The first-order valence-corrected chi connectivity index (χ1v) is 6.82. The van der Waals surface area contributed by atoms with E-state index >= 15 is 0 Å². The summed E-state index contributed by atoms with van der Waals surface area (Å²) in [4.78, 5) is 26.4. The molecule has 2 rings (SSSR count). The average Bonchev–Trinajstić information content (AvgIpc) is 2.51. The molecule has 0 radical (unpaired) electrons. The van der Waals surface area contributed by atoms with Gasteiger partial charge in [-0.15, -0.1) is 0 Å². The van der Waals surface area contributed by atoms with Crippen molar-refractivity contribution in [3.05, 3.63) is 0 Å². The predicted octanol–water partition coefficient (Wildman–Crippen LogP) is -0.472. The molecule has 1 atom stereocenters. The number of ether oxygens (including phenoxy) is 1. The van der Waals surface area contributed by atoms with Crippen molar-refractivity contribution in [1.82, 2.24) is 9.80 Å². The van der Waals surface area contributed by atoms with Crippen LogP contribution in [0.15, 0.2) is 0 Å². The fraction of sp³-hybridized carbons (Fsp3) is 0.846. The molecule has 7 nitrogen and oxygen atoms in total. The molecule has 0 aromatic rings. The number of carbonyl (C=O) groups is 2. The molecule has 20 heavy (non-hydrogen) atoms. The monoisotopic (exact) mass is 285 g/mol. The van der Waals surface area contributed by atoms with Crippen molar-refractivity contribution in [3.8, 4) is 0 Å². The summed E-state index contributed by atoms with van der Waals surface area (Å²) in [6, 6.07) is -0.159. The summed E-state index contributed by atoms with van der Waals surface area (Å²) in [7, 11) is 0. The number of likely N-dealkylation sites (tertiary alicyclic amines) is 2. The molecule has 2 aliphatic heterocycles. The second kappa shape index (κ2) is 4.89. The summed E-state index contributed by atoms with van der Waals surface area (Å²) in [6.45, 7) is 6.43. The van der Waals surface area contributed by atoms with Gasteiger partial charge in [-0.3, -0.25) is 4.79 Å². The Kier molecular flexibility index (Phi) is 3.68. The molecule has 2 saturated heterocycles. The Morgan fingerprint density at radius 1 is 1.50 bits per heavy atom. The largest absolute Gasteiger partial charge is 0.444 e. The number of β-amino-alcohol motifs (C(OH)–C–C–N with tert-alkyl or cyclic N) is 1. The highest BCUT2D eigenvalue weighted by Crippen LogP contribution is 2.26. The van der Waals surface area contributed by atoms with E-state index in [0.29, 0.717) is 13.0 Å². The minimum Gasteiger partial charge on any atom is -0.444 e. The molecule has 0 bridgehead atoms. The van der Waals surface area contributed by atoms with Gasteiger partial charge in [0, 0.05) is 19.0 Å². The molecule has 2 heterocycles. The Hall–Kier alpha value is -1.34. The van der Waals surface area contributed by atoms with Crippen molar-refractivity contribution < 1.29 is 19.4 Å². The Bertz CT molecular complexity index is 412. The fourth-order valence-electron chi connectivity index (χ4n) is 2.53. The summed E-state index contributed by atoms with van der Waals surface area (Å²) in [5.41, 5.74) is 4.11. The molecule has 7 heteroatoms. The van der Waals surface area contributed by atoms with Gasteiger partial charge in [-0.2, -0.15) is 0 Å². The Morgan fingerprint density at radius 2 is 2.10 bits per heavy atom. The van der Waals surface area contributed by atoms with Crippen molar-refractivity contribution in [2.75, 3.05) is 26.2 Å². The number of rotatable bonds is 2. The van der Waals surface area contributed by atoms with Crippen LogP contribution in [0.1, 0.15) is 27.2 Å². The van der Waals surface area contributed by atoms with Gasteiger partial charge in [-0.1, -0.05) is 0 Å². The van der Waals surface area contributed by atoms with Crippen LogP contribution in [0.4, 0.5) is 4.79 Å². The number of nitrogens with two attached hydrogens (primary N) is 1. The molecule has 2 fully saturated rings. The average molecular weight is 285 g/mol. The third-order valence-corrected chi connectivity index (χ3v) is 3.35. The number of amides is 2. The van der Waals surface area contributed by atoms with E-state index in [4.69, 9.17) is 10.5 Å². The summed E-state index contributed by atoms with van der Waals surface area (Å²) < 4.78 is 5.22. The third-order valence-electron chi connectivity index (χ3n) is 3.35. The van der Waals surface area contributed by atoms with Crippen LogP contribution in [0.25, 0.3) is 0 Å². The van der Waals surface area contributed by atoms with Gasteiger partial charge >= 0.3 is 6.09 Å². The maximum Gasteiger partial charge on any atom is 0.410 e. The maximum atomic E-state index is 11.8. The van der Waals surface area contributed by atoms with E-state index in [2.05, 4.69) is 0 Å². The van der Waals surface area contributed by atoms with Crippen LogP contribution in [-0.2, 0) is 9.53 Å². The van der Waals surface area contributed by atoms with Crippen LogP contribution in [0, 0.1) is 0 Å². The van der Waals surface area contributed by atoms with Crippen molar-refractivity contribution >= 4 is 12.0 Å². The van der Waals surface area contributed by atoms with Crippen LogP contribution >= 0.6 is 0 Å². The highest BCUT2D eigenvalue weighted by Gasteiger charge is 2.47. The topological polar surface area (TPSA) is 96.1 Å². The maximum absolute atomic E-state index is 11.8. The standard InChI is InChI=1S/C13H23N3O4/c1-12(2,3)20-11(18)16-7-13(19,8-16)6-15-5-9(14)4-10(15)17/h9,19H,4-8,14H2,1-3H3. The van der Waals surface area contributed by atoms with Crippen molar-refractivity contribution in [2.45, 2.75) is 44.4 Å². The van der Waals surface area contributed by atoms with Crippen LogP contribution in [-0.4, -0.2) is 70.3 Å². The van der Waals surface area contributed by atoms with E-state index in [-0.39, 0.29) is 31.6 Å². The van der Waals surface area contributed by atoms with Gasteiger partial charge in [0.15, 0.2) is 0 Å². The van der Waals surface area contributed by atoms with Gasteiger partial charge in [-0.05, 0) is 20.8 Å². The second-order valence-corrected chi connectivity index (χ2v) is 6.80. The molecule has 0 aliphatic carbocycles. The molecule has 2 amide bonds. The van der Waals surface area contributed by atoms with Crippen LogP contribution in [0.3, 0.4) is 0 Å². The number of aliphatic hydroxyl groups is 1. The molecule has 0 aromatic carbocycles. The normalized spacial score (nSPS) is 25.6. The lowest BCUT2D eigenvalue weighted by Gasteiger charge is -2.47. The SMILES string of the molecule is CC(C)(C)OC(=O)N1CC(O)(CN2CC(N)CC2=O)C1. The molecule has 3 N–H and O–H groups in total. The van der Waals surface area contributed by atoms with Gasteiger partial charge in [0.2, 0.25) is 5.91 Å². The number of hydrogen-bond donors (Lipinski definition) is 2. The van der Waals surface area contributed by atoms with Crippen molar-refractivity contribution in [1.29, 1.82) is 0 Å². The summed E-state index contributed by atoms with van der Waals surface area (Å²) in [6.07, 6.45) is -0.113. The van der Waals surface area contributed by atoms with Crippen LogP contribution in [0.5, 0.6) is 0 Å². The Labute approximate surface area is 118 Å². The first-order valence-electron chi connectivity index (χ1n) is 6.82. The van der Waals surface area contributed by atoms with Gasteiger partial charge in [0.05, 0.1) is 19.6 Å². The lowest BCUT2D eigenvalue weighted by molar-refractivity contribution is -0.139. The minimum atomic E-state index is -1.05. The predicted molar refractivity (Wildman–Crippen MR) is 71.9 cm³/mol. The number of carbonyl (C=O) groups excluding carboxylic acids is 2. The van der Waals surface area contributed by atoms with E-state index in [1.165, 1.54) is 4.90 Å². The van der Waals surface area contributed by atoms with Crippen molar-refractivity contribution in [2.24, 2.45) is 5.73 Å². The van der Waals surface area contributed by atoms with E-state index in [1.54, 1.807) is 25.7 Å². The van der Waals surface area contributed by atoms with E-state index in [9.17, 15) is 14.7 Å². The summed E-state index contributed by atoms with van der Waals surface area (Å²) in [5.74, 6) is -0.0401. The second-order valence-electron chi connectivity index (χ2n) is 6.80. The number of hydrogen-bond acceptors (Lipinski definition) is 5. The Morgan fingerprint density at radius 3 is 2.55 bits per heavy atom. The highest BCUT2D eigenvalue weighted by molar-refractivity contribution is 5.79. The lowest BCUT2D eigenvalue weighted by Crippen LogP contribution is -2.68. The molecule has 0 saturated carbocycles. The minimum absolute atomic E-state index is 0.0401. The first kappa shape index (κ1) is 15.1. The first-order chi connectivity index (χ1) is 9.08. The van der Waals surface area contributed by atoms with E-state index in [1.807, 2.05) is 0 Å². The summed E-state index contributed by atoms with van der Waals surface area (Å²) in [5, 5.41) is 10.3. The van der Waals surface area contributed by atoms with E-state index < -0.39 is 17.3 Å². The lowest BCUT2D eigenvalue weighted by atomic mass is 9.94. The fourth-order valence-corrected chi connectivity index (χ4v) is 2.53. The third kappa shape index (κ3) is 3.40. The summed E-state index contributed by atoms with van der Waals surface area (Å²) >= 11 is 0. The smallest absolute Gasteiger partial charge is 0.410 e. The molecule has 1 unspecified atom stereocenters. The zero-order valence-electron chi connectivity index (χ0n) is 12.3. The highest BCUT2D eigenvalue weighted by atomic mass is 16.6. The molecular formula is C13H23N3O4. The van der Waals surface area contributed by atoms with Crippen molar-refractivity contribution in [3.63, 3.8) is 0 Å². The molecule has 0 aromatic heterocycles. The molecular weight excluding hydrogens is 262 g/mol. The molecule has 2 aliphatic rings. The quantitative estimate of drug-likeness (QED) is 0.715. The Balaban J connectivity index is 1.82. The number of nitrogens with zero attached hydrogens (tertiary/aromatic N) is 2. The molecule has 0 spiro atoms. The van der Waals surface area contributed by atoms with Crippen LogP contribution < -0.4 is 5.73 Å². The van der Waals surface area contributed by atoms with Crippen LogP contribution in [0.2, 0.25) is 0 Å². The van der Waals surface area contributed by atoms with E-state index in [0.717, 1.165) is 0 Å². The van der Waals surface area contributed by atoms with Gasteiger partial charge < -0.3 is 25.4 Å². The zero-order chi connectivity index (χ0) is 15.1. The van der Waals surface area contributed by atoms with Gasteiger partial charge in [-0.25, -0.2) is 4.79 Å². The zero-order valence-corrected chi connectivity index (χ0v) is 12.3. The van der Waals surface area contributed by atoms with Gasteiger partial charge in [0.25, 0.3) is 0 Å². The molecule has 114 valence electrons.